The van der Waals surface area contributed by atoms with E-state index in [1.807, 2.05) is 6.07 Å². The van der Waals surface area contributed by atoms with E-state index in [2.05, 4.69) is 53.5 Å². The van der Waals surface area contributed by atoms with Crippen LogP contribution in [0.25, 0.3) is 10.9 Å². The van der Waals surface area contributed by atoms with E-state index < -0.39 is 18.3 Å². The summed E-state index contributed by atoms with van der Waals surface area (Å²) < 4.78 is 39.3. The highest BCUT2D eigenvalue weighted by Gasteiger charge is 2.40. The van der Waals surface area contributed by atoms with Crippen LogP contribution in [0.1, 0.15) is 52.1 Å². The normalized spacial score (nSPS) is 18.9. The fraction of sp³-hybridized carbons (Fsp3) is 0.481. The van der Waals surface area contributed by atoms with Gasteiger partial charge in [-0.15, -0.1) is 0 Å². The van der Waals surface area contributed by atoms with Crippen molar-refractivity contribution in [3.63, 3.8) is 0 Å². The summed E-state index contributed by atoms with van der Waals surface area (Å²) in [5.74, 6) is 0.891. The molecule has 1 aromatic carbocycles. The molecule has 2 heterocycles. The third kappa shape index (κ3) is 7.74. The molecule has 0 saturated heterocycles. The Labute approximate surface area is 236 Å². The lowest BCUT2D eigenvalue weighted by atomic mass is 9.95. The van der Waals surface area contributed by atoms with Gasteiger partial charge in [-0.1, -0.05) is 32.4 Å². The molecule has 3 aromatic rings. The fourth-order valence-corrected chi connectivity index (χ4v) is 6.04. The van der Waals surface area contributed by atoms with E-state index in [1.165, 1.54) is 6.21 Å². The summed E-state index contributed by atoms with van der Waals surface area (Å²) >= 11 is 6.60. The standard InChI is InChI=1S/C27H36ClN5O4SSi/c1-27(2,3)39(5,6)37-22-10-8-21(9-11-22)36-25-23(28)12-7-18-16-30-26(33-24(18)25)32-19-13-14-29-20(15-19)17-31-38(4,34)35/h7,12-17,21-22H,8-11H2,1-6H3,(H,29,30,32,33). The first-order valence-corrected chi connectivity index (χ1v) is 18.1. The monoisotopic (exact) mass is 589 g/mol. The summed E-state index contributed by atoms with van der Waals surface area (Å²) in [5, 5.41) is 4.63. The van der Waals surface area contributed by atoms with Gasteiger partial charge in [0.25, 0.3) is 0 Å². The van der Waals surface area contributed by atoms with Crippen molar-refractivity contribution in [2.24, 2.45) is 4.40 Å². The number of halogens is 1. The van der Waals surface area contributed by atoms with Crippen molar-refractivity contribution in [2.75, 3.05) is 11.6 Å². The van der Waals surface area contributed by atoms with Crippen LogP contribution < -0.4 is 10.1 Å². The van der Waals surface area contributed by atoms with E-state index in [-0.39, 0.29) is 17.2 Å². The average molecular weight is 590 g/mol. The van der Waals surface area contributed by atoms with Gasteiger partial charge >= 0.3 is 0 Å². The lowest BCUT2D eigenvalue weighted by molar-refractivity contribution is 0.0733. The molecule has 0 aliphatic heterocycles. The fourth-order valence-electron chi connectivity index (χ4n) is 4.12. The molecule has 0 spiro atoms. The zero-order valence-electron chi connectivity index (χ0n) is 23.2. The molecule has 1 saturated carbocycles. The van der Waals surface area contributed by atoms with Crippen LogP contribution in [0.4, 0.5) is 11.6 Å². The number of pyridine rings is 1. The molecule has 39 heavy (non-hydrogen) atoms. The predicted octanol–water partition coefficient (Wildman–Crippen LogP) is 6.51. The number of rotatable bonds is 8. The molecule has 0 amide bonds. The lowest BCUT2D eigenvalue weighted by Gasteiger charge is -2.41. The van der Waals surface area contributed by atoms with Gasteiger partial charge in [-0.25, -0.2) is 18.4 Å². The summed E-state index contributed by atoms with van der Waals surface area (Å²) in [6, 6.07) is 7.05. The lowest BCUT2D eigenvalue weighted by Crippen LogP contribution is -2.45. The third-order valence-electron chi connectivity index (χ3n) is 7.25. The van der Waals surface area contributed by atoms with Gasteiger partial charge in [-0.3, -0.25) is 4.98 Å². The van der Waals surface area contributed by atoms with Crippen LogP contribution >= 0.6 is 11.6 Å². The number of fused-ring (bicyclic) bond motifs is 1. The number of anilines is 2. The Hall–Kier alpha value is -2.60. The van der Waals surface area contributed by atoms with Crippen LogP contribution in [0.15, 0.2) is 41.1 Å². The van der Waals surface area contributed by atoms with E-state index in [1.54, 1.807) is 30.6 Å². The zero-order valence-corrected chi connectivity index (χ0v) is 25.8. The van der Waals surface area contributed by atoms with Crippen molar-refractivity contribution in [1.29, 1.82) is 0 Å². The second-order valence-electron chi connectivity index (χ2n) is 11.5. The SMILES string of the molecule is CC(C)(C)[Si](C)(C)OC1CCC(Oc2c(Cl)ccc3cnc(Nc4ccnc(C=NS(C)(=O)=O)c4)nc23)CC1. The predicted molar refractivity (Wildman–Crippen MR) is 159 cm³/mol. The summed E-state index contributed by atoms with van der Waals surface area (Å²) in [7, 11) is -5.32. The maximum atomic E-state index is 11.3. The van der Waals surface area contributed by atoms with Crippen molar-refractivity contribution in [3.05, 3.63) is 47.4 Å². The maximum Gasteiger partial charge on any atom is 0.250 e. The third-order valence-corrected chi connectivity index (χ3v) is 12.6. The minimum absolute atomic E-state index is 0.0237. The summed E-state index contributed by atoms with van der Waals surface area (Å²) in [6.07, 6.45) is 9.44. The number of nitrogens with zero attached hydrogens (tertiary/aromatic N) is 4. The maximum absolute atomic E-state index is 11.3. The van der Waals surface area contributed by atoms with E-state index in [9.17, 15) is 8.42 Å². The summed E-state index contributed by atoms with van der Waals surface area (Å²) in [6.45, 7) is 11.4. The molecule has 1 aliphatic rings. The Balaban J connectivity index is 1.49. The molecule has 0 unspecified atom stereocenters. The first kappa shape index (κ1) is 29.4. The van der Waals surface area contributed by atoms with Crippen molar-refractivity contribution < 1.29 is 17.6 Å². The van der Waals surface area contributed by atoms with Crippen molar-refractivity contribution in [1.82, 2.24) is 15.0 Å². The van der Waals surface area contributed by atoms with Gasteiger partial charge in [-0.2, -0.15) is 4.40 Å². The number of nitrogens with one attached hydrogen (secondary N) is 1. The molecule has 2 aromatic heterocycles. The van der Waals surface area contributed by atoms with Crippen LogP contribution in [0.5, 0.6) is 5.75 Å². The second-order valence-corrected chi connectivity index (χ2v) is 18.3. The molecule has 1 fully saturated rings. The Morgan fingerprint density at radius 1 is 1.10 bits per heavy atom. The van der Waals surface area contributed by atoms with Crippen molar-refractivity contribution in [2.45, 2.75) is 76.8 Å². The Morgan fingerprint density at radius 2 is 1.79 bits per heavy atom. The Morgan fingerprint density at radius 3 is 2.46 bits per heavy atom. The van der Waals surface area contributed by atoms with E-state index in [4.69, 9.17) is 25.7 Å². The number of aromatic nitrogens is 3. The number of hydrogen-bond donors (Lipinski definition) is 1. The van der Waals surface area contributed by atoms with Crippen LogP contribution in [0.3, 0.4) is 0 Å². The zero-order chi connectivity index (χ0) is 28.4. The van der Waals surface area contributed by atoms with Gasteiger partial charge < -0.3 is 14.5 Å². The minimum Gasteiger partial charge on any atom is -0.487 e. The Kier molecular flexibility index (Phi) is 8.65. The average Bonchev–Trinajstić information content (AvgIpc) is 2.85. The number of sulfonamides is 1. The van der Waals surface area contributed by atoms with Crippen molar-refractivity contribution in [3.8, 4) is 5.75 Å². The summed E-state index contributed by atoms with van der Waals surface area (Å²) in [5.41, 5.74) is 1.63. The molecule has 0 atom stereocenters. The molecule has 1 aliphatic carbocycles. The smallest absolute Gasteiger partial charge is 0.250 e. The molecular weight excluding hydrogens is 554 g/mol. The number of hydrogen-bond acceptors (Lipinski definition) is 8. The van der Waals surface area contributed by atoms with E-state index >= 15 is 0 Å². The van der Waals surface area contributed by atoms with Gasteiger partial charge in [0.2, 0.25) is 16.0 Å². The number of benzene rings is 1. The van der Waals surface area contributed by atoms with Gasteiger partial charge in [0.15, 0.2) is 14.1 Å². The first-order valence-electron chi connectivity index (χ1n) is 13.0. The highest BCUT2D eigenvalue weighted by atomic mass is 35.5. The number of ether oxygens (including phenoxy) is 1. The van der Waals surface area contributed by atoms with Crippen LogP contribution in [0.2, 0.25) is 23.2 Å². The van der Waals surface area contributed by atoms with Gasteiger partial charge in [0, 0.05) is 29.6 Å². The van der Waals surface area contributed by atoms with Crippen LogP contribution in [0, 0.1) is 0 Å². The molecule has 9 nitrogen and oxygen atoms in total. The molecule has 210 valence electrons. The second kappa shape index (κ2) is 11.5. The molecule has 0 bridgehead atoms. The largest absolute Gasteiger partial charge is 0.487 e. The molecular formula is C27H36ClN5O4SSi. The highest BCUT2D eigenvalue weighted by Crippen LogP contribution is 2.40. The molecule has 0 radical (unpaired) electrons. The quantitative estimate of drug-likeness (QED) is 0.233. The van der Waals surface area contributed by atoms with Gasteiger partial charge in [0.05, 0.1) is 29.3 Å². The molecule has 1 N–H and O–H groups in total. The topological polar surface area (TPSA) is 116 Å². The first-order chi connectivity index (χ1) is 18.2. The van der Waals surface area contributed by atoms with Crippen molar-refractivity contribution >= 4 is 58.7 Å². The molecule has 4 rings (SSSR count). The summed E-state index contributed by atoms with van der Waals surface area (Å²) in [4.78, 5) is 13.2. The van der Waals surface area contributed by atoms with Gasteiger partial charge in [0.1, 0.15) is 5.52 Å². The minimum atomic E-state index is -3.50. The molecule has 12 heteroatoms. The van der Waals surface area contributed by atoms with Crippen LogP contribution in [-0.2, 0) is 14.4 Å². The van der Waals surface area contributed by atoms with Crippen LogP contribution in [-0.4, -0.2) is 56.4 Å². The highest BCUT2D eigenvalue weighted by molar-refractivity contribution is 7.89. The van der Waals surface area contributed by atoms with E-state index in [0.29, 0.717) is 33.6 Å². The van der Waals surface area contributed by atoms with Gasteiger partial charge in [-0.05, 0) is 68.1 Å². The van der Waals surface area contributed by atoms with E-state index in [0.717, 1.165) is 37.3 Å². The Bertz CT molecular complexity index is 1470.